The third-order valence-corrected chi connectivity index (χ3v) is 6.44. The molecule has 33 heavy (non-hydrogen) atoms. The molecule has 1 aromatic rings. The molecule has 1 heterocycles. The number of carbonyl (C=O) groups is 1. The fourth-order valence-corrected chi connectivity index (χ4v) is 4.42. The number of likely N-dealkylation sites (tertiary alicyclic amines) is 1. The fraction of sp³-hybridized carbons (Fsp3) is 0.741. The van der Waals surface area contributed by atoms with Crippen LogP contribution < -0.4 is 4.74 Å². The summed E-state index contributed by atoms with van der Waals surface area (Å²) in [5, 5.41) is 11.1. The number of ketones is 1. The summed E-state index contributed by atoms with van der Waals surface area (Å²) in [5.41, 5.74) is 0.782. The molecule has 3 atom stereocenters. The van der Waals surface area contributed by atoms with Gasteiger partial charge in [0, 0.05) is 52.1 Å². The Morgan fingerprint density at radius 3 is 2.52 bits per heavy atom. The maximum Gasteiger partial charge on any atom is 0.133 e. The summed E-state index contributed by atoms with van der Waals surface area (Å²) >= 11 is 0. The van der Waals surface area contributed by atoms with Gasteiger partial charge in [0.05, 0.1) is 12.7 Å². The van der Waals surface area contributed by atoms with Gasteiger partial charge in [-0.3, -0.25) is 9.69 Å². The number of benzene rings is 1. The third kappa shape index (κ3) is 11.0. The van der Waals surface area contributed by atoms with Crippen LogP contribution in [-0.2, 0) is 9.53 Å². The van der Waals surface area contributed by atoms with Crippen LogP contribution in [0.1, 0.15) is 82.8 Å². The highest BCUT2D eigenvalue weighted by atomic mass is 19.1. The topological polar surface area (TPSA) is 59.0 Å². The molecule has 0 aliphatic carbocycles. The first-order chi connectivity index (χ1) is 16.0. The number of hydrogen-bond donors (Lipinski definition) is 1. The molecule has 0 saturated carbocycles. The Labute approximate surface area is 199 Å². The van der Waals surface area contributed by atoms with E-state index in [-0.39, 0.29) is 11.7 Å². The average Bonchev–Trinajstić information content (AvgIpc) is 3.22. The van der Waals surface area contributed by atoms with Gasteiger partial charge in [-0.05, 0) is 43.4 Å². The van der Waals surface area contributed by atoms with E-state index in [1.807, 2.05) is 29.2 Å². The van der Waals surface area contributed by atoms with Crippen LogP contribution in [0.4, 0.5) is 4.39 Å². The molecule has 1 N–H and O–H groups in total. The summed E-state index contributed by atoms with van der Waals surface area (Å²) < 4.78 is 24.5. The van der Waals surface area contributed by atoms with Crippen molar-refractivity contribution in [1.29, 1.82) is 0 Å². The standard InChI is InChI=1S/C27H44FNO4/c1-3-4-18-33-26-13-11-22(12-14-26)27(31)23(20-29-16-15-24(28)21-29)19-25(30)10-8-6-5-7-9-17-32-2/h11-14,23-24,27,31H,3-10,15-21H2,1-2H3/t23-,24-,27+/m1/s1. The van der Waals surface area contributed by atoms with Gasteiger partial charge in [0.15, 0.2) is 0 Å². The van der Waals surface area contributed by atoms with Gasteiger partial charge in [-0.25, -0.2) is 4.39 Å². The maximum atomic E-state index is 13.7. The van der Waals surface area contributed by atoms with Crippen molar-refractivity contribution in [2.75, 3.05) is 40.0 Å². The smallest absolute Gasteiger partial charge is 0.133 e. The molecular formula is C27H44FNO4. The molecular weight excluding hydrogens is 421 g/mol. The van der Waals surface area contributed by atoms with Crippen molar-refractivity contribution in [3.63, 3.8) is 0 Å². The quantitative estimate of drug-likeness (QED) is 0.290. The van der Waals surface area contributed by atoms with Crippen LogP contribution in [0.2, 0.25) is 0 Å². The highest BCUT2D eigenvalue weighted by molar-refractivity contribution is 5.78. The molecule has 1 aliphatic heterocycles. The zero-order chi connectivity index (χ0) is 23.9. The van der Waals surface area contributed by atoms with Crippen molar-refractivity contribution in [3.05, 3.63) is 29.8 Å². The van der Waals surface area contributed by atoms with Gasteiger partial charge in [-0.1, -0.05) is 44.7 Å². The number of halogens is 1. The molecule has 2 rings (SSSR count). The number of nitrogens with zero attached hydrogens (tertiary/aromatic N) is 1. The fourth-order valence-electron chi connectivity index (χ4n) is 4.42. The molecule has 188 valence electrons. The molecule has 0 aromatic heterocycles. The van der Waals surface area contributed by atoms with Crippen LogP contribution in [0.25, 0.3) is 0 Å². The summed E-state index contributed by atoms with van der Waals surface area (Å²) in [4.78, 5) is 14.8. The van der Waals surface area contributed by atoms with E-state index >= 15 is 0 Å². The Morgan fingerprint density at radius 2 is 1.85 bits per heavy atom. The van der Waals surface area contributed by atoms with Crippen LogP contribution in [0.3, 0.4) is 0 Å². The largest absolute Gasteiger partial charge is 0.494 e. The SMILES string of the molecule is CCCCOc1ccc([C@H](O)[C@H](CC(=O)CCCCCCCOC)CN2CC[C@@H](F)C2)cc1. The van der Waals surface area contributed by atoms with E-state index in [2.05, 4.69) is 6.92 Å². The number of carbonyl (C=O) groups excluding carboxylic acids is 1. The van der Waals surface area contributed by atoms with Gasteiger partial charge in [0.25, 0.3) is 0 Å². The minimum Gasteiger partial charge on any atom is -0.494 e. The molecule has 0 spiro atoms. The second kappa shape index (κ2) is 16.2. The molecule has 1 aliphatic rings. The highest BCUT2D eigenvalue weighted by Gasteiger charge is 2.29. The van der Waals surface area contributed by atoms with Crippen molar-refractivity contribution in [2.45, 2.75) is 83.4 Å². The lowest BCUT2D eigenvalue weighted by atomic mass is 9.89. The number of Topliss-reactive ketones (excluding diaryl/α,β-unsaturated/α-hetero) is 1. The first-order valence-electron chi connectivity index (χ1n) is 12.8. The van der Waals surface area contributed by atoms with Gasteiger partial charge in [-0.15, -0.1) is 0 Å². The Morgan fingerprint density at radius 1 is 1.12 bits per heavy atom. The monoisotopic (exact) mass is 465 g/mol. The number of aliphatic hydroxyl groups is 1. The summed E-state index contributed by atoms with van der Waals surface area (Å²) in [6.07, 6.45) is 7.15. The normalized spacial score (nSPS) is 18.4. The predicted molar refractivity (Wildman–Crippen MR) is 130 cm³/mol. The van der Waals surface area contributed by atoms with Gasteiger partial charge in [-0.2, -0.15) is 0 Å². The van der Waals surface area contributed by atoms with E-state index in [1.165, 1.54) is 0 Å². The van der Waals surface area contributed by atoms with Crippen LogP contribution in [0, 0.1) is 5.92 Å². The minimum absolute atomic E-state index is 0.187. The van der Waals surface area contributed by atoms with Gasteiger partial charge >= 0.3 is 0 Å². The summed E-state index contributed by atoms with van der Waals surface area (Å²) in [6, 6.07) is 7.52. The maximum absolute atomic E-state index is 13.7. The summed E-state index contributed by atoms with van der Waals surface area (Å²) in [5.74, 6) is 0.736. The van der Waals surface area contributed by atoms with Crippen molar-refractivity contribution < 1.29 is 23.8 Å². The van der Waals surface area contributed by atoms with E-state index < -0.39 is 12.3 Å². The van der Waals surface area contributed by atoms with E-state index in [0.717, 1.165) is 62.9 Å². The molecule has 0 radical (unpaired) electrons. The van der Waals surface area contributed by atoms with Crippen LogP contribution in [-0.4, -0.2) is 61.9 Å². The lowest BCUT2D eigenvalue weighted by Gasteiger charge is -2.27. The molecule has 1 fully saturated rings. The predicted octanol–water partition coefficient (Wildman–Crippen LogP) is 5.51. The lowest BCUT2D eigenvalue weighted by Crippen LogP contribution is -2.32. The van der Waals surface area contributed by atoms with E-state index in [1.54, 1.807) is 7.11 Å². The molecule has 0 unspecified atom stereocenters. The van der Waals surface area contributed by atoms with Crippen LogP contribution in [0.5, 0.6) is 5.75 Å². The van der Waals surface area contributed by atoms with Crippen molar-refractivity contribution in [1.82, 2.24) is 4.90 Å². The number of ether oxygens (including phenoxy) is 2. The van der Waals surface area contributed by atoms with E-state index in [4.69, 9.17) is 9.47 Å². The Hall–Kier alpha value is -1.50. The molecule has 6 heteroatoms. The number of aliphatic hydroxyl groups excluding tert-OH is 1. The van der Waals surface area contributed by atoms with Gasteiger partial charge in [0.2, 0.25) is 0 Å². The van der Waals surface area contributed by atoms with Crippen LogP contribution in [0.15, 0.2) is 24.3 Å². The second-order valence-electron chi connectivity index (χ2n) is 9.37. The van der Waals surface area contributed by atoms with Gasteiger partial charge < -0.3 is 14.6 Å². The average molecular weight is 466 g/mol. The first kappa shape index (κ1) is 27.7. The highest BCUT2D eigenvalue weighted by Crippen LogP contribution is 2.29. The van der Waals surface area contributed by atoms with Gasteiger partial charge in [0.1, 0.15) is 17.7 Å². The van der Waals surface area contributed by atoms with Crippen molar-refractivity contribution in [2.24, 2.45) is 5.92 Å². The zero-order valence-corrected chi connectivity index (χ0v) is 20.6. The zero-order valence-electron chi connectivity index (χ0n) is 20.6. The molecule has 0 bridgehead atoms. The molecule has 5 nitrogen and oxygen atoms in total. The lowest BCUT2D eigenvalue weighted by molar-refractivity contribution is -0.121. The number of alkyl halides is 1. The number of rotatable bonds is 18. The van der Waals surface area contributed by atoms with E-state index in [0.29, 0.717) is 45.5 Å². The molecule has 0 amide bonds. The van der Waals surface area contributed by atoms with Crippen molar-refractivity contribution >= 4 is 5.78 Å². The minimum atomic E-state index is -0.809. The second-order valence-corrected chi connectivity index (χ2v) is 9.37. The number of hydrogen-bond acceptors (Lipinski definition) is 5. The molecule has 1 aromatic carbocycles. The summed E-state index contributed by atoms with van der Waals surface area (Å²) in [7, 11) is 1.72. The Kier molecular flexibility index (Phi) is 13.6. The number of methoxy groups -OCH3 is 1. The molecule has 1 saturated heterocycles. The summed E-state index contributed by atoms with van der Waals surface area (Å²) in [6.45, 7) is 5.22. The van der Waals surface area contributed by atoms with Crippen molar-refractivity contribution in [3.8, 4) is 5.75 Å². The Bertz CT molecular complexity index is 654. The van der Waals surface area contributed by atoms with Crippen LogP contribution >= 0.6 is 0 Å². The first-order valence-corrected chi connectivity index (χ1v) is 12.8. The Balaban J connectivity index is 1.89. The number of unbranched alkanes of at least 4 members (excludes halogenated alkanes) is 5. The van der Waals surface area contributed by atoms with E-state index in [9.17, 15) is 14.3 Å². The third-order valence-electron chi connectivity index (χ3n) is 6.44.